The average Bonchev–Trinajstić information content (AvgIpc) is 2.90. The Balaban J connectivity index is 1.96. The summed E-state index contributed by atoms with van der Waals surface area (Å²) in [7, 11) is 0. The lowest BCUT2D eigenvalue weighted by Gasteiger charge is -2.15. The van der Waals surface area contributed by atoms with E-state index in [2.05, 4.69) is 17.2 Å². The first-order valence-electron chi connectivity index (χ1n) is 6.10. The van der Waals surface area contributed by atoms with Crippen LogP contribution in [0.4, 0.5) is 6.01 Å². The van der Waals surface area contributed by atoms with Crippen LogP contribution in [-0.2, 0) is 4.74 Å². The van der Waals surface area contributed by atoms with Gasteiger partial charge in [0.15, 0.2) is 5.69 Å². The molecule has 2 rings (SSSR count). The van der Waals surface area contributed by atoms with Crippen LogP contribution in [0.1, 0.15) is 43.6 Å². The Morgan fingerprint density at radius 2 is 2.47 bits per heavy atom. The van der Waals surface area contributed by atoms with Crippen molar-refractivity contribution in [1.29, 1.82) is 0 Å². The third-order valence-electron chi connectivity index (χ3n) is 3.16. The molecule has 1 aliphatic rings. The van der Waals surface area contributed by atoms with Crippen molar-refractivity contribution in [2.24, 2.45) is 5.92 Å². The van der Waals surface area contributed by atoms with E-state index < -0.39 is 5.97 Å². The van der Waals surface area contributed by atoms with Crippen molar-refractivity contribution in [2.45, 2.75) is 39.2 Å². The summed E-state index contributed by atoms with van der Waals surface area (Å²) in [5.74, 6) is 0.178. The predicted octanol–water partition coefficient (Wildman–Crippen LogP) is 2.45. The van der Waals surface area contributed by atoms with Gasteiger partial charge in [0.25, 0.3) is 6.01 Å². The lowest BCUT2D eigenvalue weighted by atomic mass is 10.1. The minimum absolute atomic E-state index is 0.222. The molecule has 1 fully saturated rings. The van der Waals surface area contributed by atoms with E-state index in [0.717, 1.165) is 6.42 Å². The molecule has 5 heteroatoms. The van der Waals surface area contributed by atoms with Crippen molar-refractivity contribution in [3.05, 3.63) is 12.0 Å². The third kappa shape index (κ3) is 2.78. The lowest BCUT2D eigenvalue weighted by Crippen LogP contribution is -2.22. The molecule has 17 heavy (non-hydrogen) atoms. The lowest BCUT2D eigenvalue weighted by molar-refractivity contribution is 0.0519. The number of oxazole rings is 1. The highest BCUT2D eigenvalue weighted by Gasteiger charge is 2.25. The second-order valence-corrected chi connectivity index (χ2v) is 4.42. The zero-order chi connectivity index (χ0) is 12.3. The number of aromatic nitrogens is 1. The van der Waals surface area contributed by atoms with Crippen molar-refractivity contribution in [2.75, 3.05) is 11.9 Å². The summed E-state index contributed by atoms with van der Waals surface area (Å²) in [5.41, 5.74) is 0.222. The first-order chi connectivity index (χ1) is 8.20. The molecule has 0 amide bonds. The Morgan fingerprint density at radius 1 is 1.65 bits per heavy atom. The first kappa shape index (κ1) is 12.0. The average molecular weight is 238 g/mol. The monoisotopic (exact) mass is 238 g/mol. The minimum atomic E-state index is -0.441. The van der Waals surface area contributed by atoms with Crippen molar-refractivity contribution in [1.82, 2.24) is 4.98 Å². The SMILES string of the molecule is CCOC(=O)c1coc(NC2CCCC2C)n1. The van der Waals surface area contributed by atoms with Crippen LogP contribution in [0, 0.1) is 5.92 Å². The molecule has 0 saturated heterocycles. The summed E-state index contributed by atoms with van der Waals surface area (Å²) in [6.07, 6.45) is 4.91. The van der Waals surface area contributed by atoms with Crippen LogP contribution in [0.2, 0.25) is 0 Å². The maximum atomic E-state index is 11.4. The van der Waals surface area contributed by atoms with Gasteiger partial charge in [0, 0.05) is 6.04 Å². The summed E-state index contributed by atoms with van der Waals surface area (Å²) in [6.45, 7) is 4.31. The summed E-state index contributed by atoms with van der Waals surface area (Å²) in [5, 5.41) is 3.22. The summed E-state index contributed by atoms with van der Waals surface area (Å²) >= 11 is 0. The fraction of sp³-hybridized carbons (Fsp3) is 0.667. The van der Waals surface area contributed by atoms with Gasteiger partial charge in [-0.25, -0.2) is 4.79 Å². The van der Waals surface area contributed by atoms with Crippen LogP contribution in [0.25, 0.3) is 0 Å². The highest BCUT2D eigenvalue weighted by atomic mass is 16.5. The van der Waals surface area contributed by atoms with E-state index in [4.69, 9.17) is 9.15 Å². The van der Waals surface area contributed by atoms with Gasteiger partial charge in [0.1, 0.15) is 6.26 Å². The Hall–Kier alpha value is -1.52. The van der Waals surface area contributed by atoms with Crippen molar-refractivity contribution >= 4 is 12.0 Å². The van der Waals surface area contributed by atoms with Gasteiger partial charge in [0.2, 0.25) is 0 Å². The quantitative estimate of drug-likeness (QED) is 0.816. The van der Waals surface area contributed by atoms with E-state index in [0.29, 0.717) is 24.6 Å². The minimum Gasteiger partial charge on any atom is -0.461 e. The molecule has 1 heterocycles. The number of nitrogens with one attached hydrogen (secondary N) is 1. The fourth-order valence-corrected chi connectivity index (χ4v) is 2.16. The standard InChI is InChI=1S/C12H18N2O3/c1-3-16-11(15)10-7-17-12(14-10)13-9-6-4-5-8(9)2/h7-9H,3-6H2,1-2H3,(H,13,14). The molecule has 0 spiro atoms. The molecule has 1 saturated carbocycles. The smallest absolute Gasteiger partial charge is 0.360 e. The van der Waals surface area contributed by atoms with Crippen LogP contribution in [-0.4, -0.2) is 23.6 Å². The molecular formula is C12H18N2O3. The number of esters is 1. The molecule has 5 nitrogen and oxygen atoms in total. The van der Waals surface area contributed by atoms with E-state index in [9.17, 15) is 4.79 Å². The molecule has 2 atom stereocenters. The van der Waals surface area contributed by atoms with Crippen molar-refractivity contribution in [3.63, 3.8) is 0 Å². The molecule has 0 radical (unpaired) electrons. The van der Waals surface area contributed by atoms with Gasteiger partial charge in [-0.3, -0.25) is 0 Å². The number of hydrogen-bond acceptors (Lipinski definition) is 5. The van der Waals surface area contributed by atoms with Gasteiger partial charge >= 0.3 is 5.97 Å². The van der Waals surface area contributed by atoms with Gasteiger partial charge in [-0.2, -0.15) is 4.98 Å². The number of carbonyl (C=O) groups is 1. The van der Waals surface area contributed by atoms with Crippen LogP contribution < -0.4 is 5.32 Å². The van der Waals surface area contributed by atoms with E-state index >= 15 is 0 Å². The van der Waals surface area contributed by atoms with Gasteiger partial charge in [-0.05, 0) is 25.7 Å². The van der Waals surface area contributed by atoms with Crippen LogP contribution >= 0.6 is 0 Å². The molecule has 0 bridgehead atoms. The maximum absolute atomic E-state index is 11.4. The molecule has 94 valence electrons. The maximum Gasteiger partial charge on any atom is 0.360 e. The predicted molar refractivity (Wildman–Crippen MR) is 62.9 cm³/mol. The fourth-order valence-electron chi connectivity index (χ4n) is 2.16. The van der Waals surface area contributed by atoms with E-state index in [1.54, 1.807) is 6.92 Å². The van der Waals surface area contributed by atoms with E-state index in [-0.39, 0.29) is 5.69 Å². The van der Waals surface area contributed by atoms with Gasteiger partial charge in [-0.15, -0.1) is 0 Å². The molecule has 1 N–H and O–H groups in total. The van der Waals surface area contributed by atoms with Crippen LogP contribution in [0.15, 0.2) is 10.7 Å². The van der Waals surface area contributed by atoms with Gasteiger partial charge < -0.3 is 14.5 Å². The second kappa shape index (κ2) is 5.21. The van der Waals surface area contributed by atoms with Crippen LogP contribution in [0.3, 0.4) is 0 Å². The zero-order valence-corrected chi connectivity index (χ0v) is 10.2. The Kier molecular flexibility index (Phi) is 3.66. The van der Waals surface area contributed by atoms with E-state index in [1.165, 1.54) is 19.1 Å². The first-order valence-corrected chi connectivity index (χ1v) is 6.10. The number of anilines is 1. The number of hydrogen-bond donors (Lipinski definition) is 1. The number of ether oxygens (including phenoxy) is 1. The zero-order valence-electron chi connectivity index (χ0n) is 10.2. The molecule has 0 aliphatic heterocycles. The van der Waals surface area contributed by atoms with Crippen LogP contribution in [0.5, 0.6) is 0 Å². The third-order valence-corrected chi connectivity index (χ3v) is 3.16. The summed E-state index contributed by atoms with van der Waals surface area (Å²) in [6, 6.07) is 0.801. The number of nitrogens with zero attached hydrogens (tertiary/aromatic N) is 1. The van der Waals surface area contributed by atoms with Gasteiger partial charge in [0.05, 0.1) is 6.61 Å². The van der Waals surface area contributed by atoms with Crippen molar-refractivity contribution < 1.29 is 13.9 Å². The van der Waals surface area contributed by atoms with E-state index in [1.807, 2.05) is 0 Å². The summed E-state index contributed by atoms with van der Waals surface area (Å²) in [4.78, 5) is 15.5. The van der Waals surface area contributed by atoms with Crippen molar-refractivity contribution in [3.8, 4) is 0 Å². The molecule has 1 aliphatic carbocycles. The highest BCUT2D eigenvalue weighted by molar-refractivity contribution is 5.87. The topological polar surface area (TPSA) is 64.4 Å². The Morgan fingerprint density at radius 3 is 3.12 bits per heavy atom. The molecular weight excluding hydrogens is 220 g/mol. The molecule has 0 aromatic carbocycles. The number of carbonyl (C=O) groups excluding carboxylic acids is 1. The normalized spacial score (nSPS) is 23.6. The van der Waals surface area contributed by atoms with Gasteiger partial charge in [-0.1, -0.05) is 13.3 Å². The Labute approximate surface area is 101 Å². The number of rotatable bonds is 4. The second-order valence-electron chi connectivity index (χ2n) is 4.42. The molecule has 2 unspecified atom stereocenters. The molecule has 1 aromatic heterocycles. The summed E-state index contributed by atoms with van der Waals surface area (Å²) < 4.78 is 10.1. The largest absolute Gasteiger partial charge is 0.461 e. The molecule has 1 aromatic rings. The highest BCUT2D eigenvalue weighted by Crippen LogP contribution is 2.27. The Bertz CT molecular complexity index is 389.